The van der Waals surface area contributed by atoms with Crippen LogP contribution < -0.4 is 9.47 Å². The lowest BCUT2D eigenvalue weighted by atomic mass is 9.81. The molecule has 2 aromatic rings. The van der Waals surface area contributed by atoms with Crippen LogP contribution in [0.25, 0.3) is 0 Å². The normalized spacial score (nSPS) is 10.5. The van der Waals surface area contributed by atoms with Crippen LogP contribution >= 0.6 is 0 Å². The molecule has 0 radical (unpaired) electrons. The fourth-order valence-corrected chi connectivity index (χ4v) is 2.63. The van der Waals surface area contributed by atoms with Crippen molar-refractivity contribution in [2.24, 2.45) is 5.41 Å². The van der Waals surface area contributed by atoms with Crippen LogP contribution in [0.4, 0.5) is 0 Å². The molecule has 2 rings (SSSR count). The Morgan fingerprint density at radius 3 is 1.65 bits per heavy atom. The van der Waals surface area contributed by atoms with E-state index in [1.807, 2.05) is 0 Å². The molecule has 162 valence electrons. The van der Waals surface area contributed by atoms with E-state index in [9.17, 15) is 19.2 Å². The van der Waals surface area contributed by atoms with Crippen molar-refractivity contribution >= 4 is 23.9 Å². The van der Waals surface area contributed by atoms with Gasteiger partial charge in [-0.2, -0.15) is 0 Å². The molecule has 0 amide bonds. The standard InChI is InChI=1S/C23H22O8/c1-4-29-19(24)16(2)15-23(20(25)28-3,21(26)30-17-11-7-5-8-12-17)22(27)31-18-13-9-6-10-14-18/h5-14H,2,4,15H2,1,3H3. The van der Waals surface area contributed by atoms with Crippen molar-refractivity contribution in [1.29, 1.82) is 0 Å². The first kappa shape index (κ1) is 23.3. The number of rotatable bonds is 9. The minimum atomic E-state index is -2.65. The van der Waals surface area contributed by atoms with Gasteiger partial charge in [-0.1, -0.05) is 43.0 Å². The highest BCUT2D eigenvalue weighted by Crippen LogP contribution is 2.33. The number of ether oxygens (including phenoxy) is 4. The Labute approximate surface area is 179 Å². The predicted molar refractivity (Wildman–Crippen MR) is 109 cm³/mol. The quantitative estimate of drug-likeness (QED) is 0.261. The number of hydrogen-bond donors (Lipinski definition) is 0. The van der Waals surface area contributed by atoms with Gasteiger partial charge in [-0.3, -0.25) is 4.79 Å². The summed E-state index contributed by atoms with van der Waals surface area (Å²) >= 11 is 0. The average molecular weight is 426 g/mol. The molecule has 0 aliphatic carbocycles. The molecule has 8 heteroatoms. The molecule has 8 nitrogen and oxygen atoms in total. The van der Waals surface area contributed by atoms with Gasteiger partial charge >= 0.3 is 23.9 Å². The van der Waals surface area contributed by atoms with E-state index < -0.39 is 35.7 Å². The van der Waals surface area contributed by atoms with Gasteiger partial charge < -0.3 is 18.9 Å². The number of hydrogen-bond acceptors (Lipinski definition) is 8. The first-order chi connectivity index (χ1) is 14.8. The first-order valence-electron chi connectivity index (χ1n) is 9.33. The van der Waals surface area contributed by atoms with Crippen LogP contribution in [0.3, 0.4) is 0 Å². The Morgan fingerprint density at radius 2 is 1.26 bits per heavy atom. The van der Waals surface area contributed by atoms with Gasteiger partial charge in [0.2, 0.25) is 0 Å². The number of carbonyl (C=O) groups is 4. The summed E-state index contributed by atoms with van der Waals surface area (Å²) in [5.74, 6) is -4.55. The molecular weight excluding hydrogens is 404 g/mol. The van der Waals surface area contributed by atoms with Crippen molar-refractivity contribution < 1.29 is 38.1 Å². The summed E-state index contributed by atoms with van der Waals surface area (Å²) in [7, 11) is 0.996. The van der Waals surface area contributed by atoms with Crippen LogP contribution in [-0.4, -0.2) is 37.6 Å². The molecule has 0 aliphatic heterocycles. The lowest BCUT2D eigenvalue weighted by Crippen LogP contribution is -2.52. The summed E-state index contributed by atoms with van der Waals surface area (Å²) in [6, 6.07) is 15.6. The third-order valence-electron chi connectivity index (χ3n) is 4.18. The molecule has 0 heterocycles. The molecule has 0 aromatic heterocycles. The maximum absolute atomic E-state index is 13.2. The second-order valence-corrected chi connectivity index (χ2v) is 6.30. The third-order valence-corrected chi connectivity index (χ3v) is 4.18. The largest absolute Gasteiger partial charge is 0.468 e. The number of benzene rings is 2. The fourth-order valence-electron chi connectivity index (χ4n) is 2.63. The molecular formula is C23H22O8. The van der Waals surface area contributed by atoms with Gasteiger partial charge in [0.1, 0.15) is 11.5 Å². The van der Waals surface area contributed by atoms with E-state index in [1.54, 1.807) is 43.3 Å². The van der Waals surface area contributed by atoms with Crippen LogP contribution in [0, 0.1) is 5.41 Å². The van der Waals surface area contributed by atoms with Crippen molar-refractivity contribution in [1.82, 2.24) is 0 Å². The molecule has 0 saturated heterocycles. The van der Waals surface area contributed by atoms with Gasteiger partial charge in [-0.15, -0.1) is 0 Å². The summed E-state index contributed by atoms with van der Waals surface area (Å²) < 4.78 is 20.1. The molecule has 0 saturated carbocycles. The second kappa shape index (κ2) is 10.7. The average Bonchev–Trinajstić information content (AvgIpc) is 2.78. The maximum Gasteiger partial charge on any atom is 0.340 e. The Kier molecular flexibility index (Phi) is 8.08. The van der Waals surface area contributed by atoms with E-state index in [-0.39, 0.29) is 23.7 Å². The Hall–Kier alpha value is -3.94. The van der Waals surface area contributed by atoms with Crippen LogP contribution in [0.2, 0.25) is 0 Å². The number of para-hydroxylation sites is 2. The summed E-state index contributed by atoms with van der Waals surface area (Å²) in [4.78, 5) is 51.2. The highest BCUT2D eigenvalue weighted by Gasteiger charge is 2.58. The molecule has 0 spiro atoms. The van der Waals surface area contributed by atoms with E-state index in [4.69, 9.17) is 18.9 Å². The van der Waals surface area contributed by atoms with Gasteiger partial charge in [0.15, 0.2) is 0 Å². The highest BCUT2D eigenvalue weighted by atomic mass is 16.6. The lowest BCUT2D eigenvalue weighted by Gasteiger charge is -2.27. The Bertz CT molecular complexity index is 897. The van der Waals surface area contributed by atoms with E-state index >= 15 is 0 Å². The first-order valence-corrected chi connectivity index (χ1v) is 9.33. The summed E-state index contributed by atoms with van der Waals surface area (Å²) in [5, 5.41) is 0. The van der Waals surface area contributed by atoms with E-state index in [0.717, 1.165) is 7.11 Å². The lowest BCUT2D eigenvalue weighted by molar-refractivity contribution is -0.174. The number of esters is 4. The molecule has 0 atom stereocenters. The molecule has 0 N–H and O–H groups in total. The van der Waals surface area contributed by atoms with Crippen molar-refractivity contribution in [2.75, 3.05) is 13.7 Å². The van der Waals surface area contributed by atoms with E-state index in [0.29, 0.717) is 0 Å². The topological polar surface area (TPSA) is 105 Å². The molecule has 0 unspecified atom stereocenters. The number of methoxy groups -OCH3 is 1. The maximum atomic E-state index is 13.2. The van der Waals surface area contributed by atoms with Crippen molar-refractivity contribution in [3.8, 4) is 11.5 Å². The van der Waals surface area contributed by atoms with E-state index in [1.165, 1.54) is 24.3 Å². The molecule has 0 bridgehead atoms. The fraction of sp³-hybridized carbons (Fsp3) is 0.217. The van der Waals surface area contributed by atoms with Crippen LogP contribution in [0.1, 0.15) is 13.3 Å². The van der Waals surface area contributed by atoms with Gasteiger partial charge in [0, 0.05) is 12.0 Å². The zero-order valence-corrected chi connectivity index (χ0v) is 17.2. The van der Waals surface area contributed by atoms with Crippen molar-refractivity contribution in [2.45, 2.75) is 13.3 Å². The minimum Gasteiger partial charge on any atom is -0.468 e. The Morgan fingerprint density at radius 1 is 0.806 bits per heavy atom. The summed E-state index contributed by atoms with van der Waals surface area (Å²) in [6.07, 6.45) is -0.754. The smallest absolute Gasteiger partial charge is 0.340 e. The molecule has 0 fully saturated rings. The SMILES string of the molecule is C=C(CC(C(=O)OC)(C(=O)Oc1ccccc1)C(=O)Oc1ccccc1)C(=O)OCC. The highest BCUT2D eigenvalue weighted by molar-refractivity contribution is 6.19. The zero-order chi connectivity index (χ0) is 22.9. The van der Waals surface area contributed by atoms with Crippen molar-refractivity contribution in [3.63, 3.8) is 0 Å². The van der Waals surface area contributed by atoms with Crippen LogP contribution in [0.15, 0.2) is 72.8 Å². The molecule has 0 aliphatic rings. The monoisotopic (exact) mass is 426 g/mol. The zero-order valence-electron chi connectivity index (χ0n) is 17.2. The number of carbonyl (C=O) groups excluding carboxylic acids is 4. The van der Waals surface area contributed by atoms with Gasteiger partial charge in [-0.25, -0.2) is 14.4 Å². The second-order valence-electron chi connectivity index (χ2n) is 6.30. The van der Waals surface area contributed by atoms with Gasteiger partial charge in [0.25, 0.3) is 5.41 Å². The summed E-state index contributed by atoms with van der Waals surface area (Å²) in [6.45, 7) is 5.16. The van der Waals surface area contributed by atoms with Gasteiger partial charge in [0.05, 0.1) is 13.7 Å². The van der Waals surface area contributed by atoms with E-state index in [2.05, 4.69) is 6.58 Å². The third kappa shape index (κ3) is 5.57. The molecule has 2 aromatic carbocycles. The van der Waals surface area contributed by atoms with Crippen molar-refractivity contribution in [3.05, 3.63) is 72.8 Å². The Balaban J connectivity index is 2.50. The van der Waals surface area contributed by atoms with Gasteiger partial charge in [-0.05, 0) is 31.2 Å². The van der Waals surface area contributed by atoms with Crippen LogP contribution in [-0.2, 0) is 28.7 Å². The molecule has 31 heavy (non-hydrogen) atoms. The predicted octanol–water partition coefficient (Wildman–Crippen LogP) is 2.87. The summed E-state index contributed by atoms with van der Waals surface area (Å²) in [5.41, 5.74) is -2.95. The minimum absolute atomic E-state index is 0.0337. The van der Waals surface area contributed by atoms with Crippen LogP contribution in [0.5, 0.6) is 11.5 Å².